The number of nitrogens with one attached hydrogen (secondary N) is 1. The molecule has 1 aromatic rings. The van der Waals surface area contributed by atoms with Crippen LogP contribution in [0.2, 0.25) is 0 Å². The number of hydrogen-bond donors (Lipinski definition) is 1. The lowest BCUT2D eigenvalue weighted by Crippen LogP contribution is -2.44. The third kappa shape index (κ3) is 1.75. The van der Waals surface area contributed by atoms with Gasteiger partial charge in [-0.3, -0.25) is 9.59 Å². The molecule has 0 aliphatic carbocycles. The van der Waals surface area contributed by atoms with Crippen molar-refractivity contribution in [3.8, 4) is 0 Å². The number of nitrogens with zero attached hydrogens (tertiary/aromatic N) is 2. The first-order chi connectivity index (χ1) is 8.27. The van der Waals surface area contributed by atoms with E-state index in [4.69, 9.17) is 0 Å². The lowest BCUT2D eigenvalue weighted by Gasteiger charge is -2.18. The summed E-state index contributed by atoms with van der Waals surface area (Å²) in [5, 5.41) is 5.82. The van der Waals surface area contributed by atoms with Crippen LogP contribution in [0.3, 0.4) is 0 Å². The maximum absolute atomic E-state index is 12.3. The van der Waals surface area contributed by atoms with Crippen LogP contribution in [-0.2, 0) is 9.59 Å². The van der Waals surface area contributed by atoms with E-state index in [-0.39, 0.29) is 17.9 Å². The van der Waals surface area contributed by atoms with E-state index in [2.05, 4.69) is 10.5 Å². The molecule has 7 heteroatoms. The number of hydrogen-bond acceptors (Lipinski definition) is 5. The molecule has 0 spiro atoms. The topological polar surface area (TPSA) is 61.8 Å². The van der Waals surface area contributed by atoms with Crippen LogP contribution in [0.15, 0.2) is 22.6 Å². The molecule has 3 rings (SSSR count). The van der Waals surface area contributed by atoms with Gasteiger partial charge in [0.2, 0.25) is 0 Å². The second-order valence-corrected chi connectivity index (χ2v) is 5.65. The first-order valence-electron chi connectivity index (χ1n) is 5.07. The Morgan fingerprint density at radius 1 is 1.47 bits per heavy atom. The summed E-state index contributed by atoms with van der Waals surface area (Å²) in [6.07, 6.45) is 0. The van der Waals surface area contributed by atoms with Crippen molar-refractivity contribution in [1.29, 1.82) is 0 Å². The van der Waals surface area contributed by atoms with E-state index >= 15 is 0 Å². The number of amides is 2. The van der Waals surface area contributed by atoms with Crippen LogP contribution in [0.5, 0.6) is 0 Å². The largest absolute Gasteiger partial charge is 0.315 e. The fourth-order valence-corrected chi connectivity index (χ4v) is 3.66. The van der Waals surface area contributed by atoms with Gasteiger partial charge in [0.05, 0.1) is 10.8 Å². The van der Waals surface area contributed by atoms with Gasteiger partial charge in [0.15, 0.2) is 5.71 Å². The average molecular weight is 267 g/mol. The van der Waals surface area contributed by atoms with E-state index in [0.717, 1.165) is 4.88 Å². The van der Waals surface area contributed by atoms with Crippen LogP contribution in [0, 0.1) is 0 Å². The van der Waals surface area contributed by atoms with Crippen LogP contribution in [0.4, 0.5) is 0 Å². The highest BCUT2D eigenvalue weighted by Crippen LogP contribution is 2.24. The highest BCUT2D eigenvalue weighted by Gasteiger charge is 2.39. The zero-order valence-electron chi connectivity index (χ0n) is 8.75. The molecule has 0 aromatic carbocycles. The minimum atomic E-state index is -0.381. The molecule has 1 aromatic heterocycles. The molecule has 2 aliphatic heterocycles. The minimum absolute atomic E-state index is 0.166. The third-order valence-electron chi connectivity index (χ3n) is 2.68. The van der Waals surface area contributed by atoms with Crippen LogP contribution >= 0.6 is 23.1 Å². The van der Waals surface area contributed by atoms with Crippen molar-refractivity contribution in [2.24, 2.45) is 5.10 Å². The molecule has 88 valence electrons. The van der Waals surface area contributed by atoms with Gasteiger partial charge in [-0.05, 0) is 11.4 Å². The molecular weight excluding hydrogens is 258 g/mol. The summed E-state index contributed by atoms with van der Waals surface area (Å²) in [5.41, 5.74) is 2.80. The zero-order chi connectivity index (χ0) is 11.8. The minimum Gasteiger partial charge on any atom is -0.315 e. The van der Waals surface area contributed by atoms with Gasteiger partial charge in [-0.2, -0.15) is 5.10 Å². The Morgan fingerprint density at radius 3 is 3.12 bits per heavy atom. The van der Waals surface area contributed by atoms with Crippen molar-refractivity contribution >= 4 is 40.6 Å². The monoisotopic (exact) mass is 267 g/mol. The molecule has 5 nitrogen and oxygen atoms in total. The van der Waals surface area contributed by atoms with Crippen LogP contribution in [-0.4, -0.2) is 40.1 Å². The molecule has 0 saturated carbocycles. The number of hydrazone groups is 1. The van der Waals surface area contributed by atoms with E-state index in [1.807, 2.05) is 17.5 Å². The molecule has 0 radical (unpaired) electrons. The van der Waals surface area contributed by atoms with Crippen LogP contribution < -0.4 is 5.43 Å². The Labute approximate surface area is 106 Å². The molecule has 0 unspecified atom stereocenters. The van der Waals surface area contributed by atoms with E-state index < -0.39 is 0 Å². The van der Waals surface area contributed by atoms with Crippen molar-refractivity contribution in [3.63, 3.8) is 0 Å². The van der Waals surface area contributed by atoms with E-state index in [1.165, 1.54) is 11.3 Å². The summed E-state index contributed by atoms with van der Waals surface area (Å²) in [5.74, 6) is 0.835. The maximum Gasteiger partial charge on any atom is 0.277 e. The molecule has 1 N–H and O–H groups in total. The number of thiophene rings is 1. The summed E-state index contributed by atoms with van der Waals surface area (Å²) in [7, 11) is 0. The van der Waals surface area contributed by atoms with Crippen molar-refractivity contribution < 1.29 is 9.59 Å². The molecular formula is C10H9N3O2S2. The maximum atomic E-state index is 12.3. The predicted molar refractivity (Wildman–Crippen MR) is 67.0 cm³/mol. The molecule has 1 atom stereocenters. The Hall–Kier alpha value is -1.34. The van der Waals surface area contributed by atoms with E-state index in [0.29, 0.717) is 17.3 Å². The number of carbonyl (C=O) groups is 2. The summed E-state index contributed by atoms with van der Waals surface area (Å²) in [6, 6.07) is 3.31. The van der Waals surface area contributed by atoms with Gasteiger partial charge >= 0.3 is 0 Å². The van der Waals surface area contributed by atoms with Gasteiger partial charge in [0.1, 0.15) is 6.04 Å². The number of fused-ring (bicyclic) bond motifs is 1. The number of carbonyl (C=O) groups excluding carboxylic acids is 2. The van der Waals surface area contributed by atoms with Crippen molar-refractivity contribution in [2.75, 3.05) is 11.6 Å². The highest BCUT2D eigenvalue weighted by atomic mass is 32.2. The second-order valence-electron chi connectivity index (χ2n) is 3.70. The van der Waals surface area contributed by atoms with Gasteiger partial charge in [-0.1, -0.05) is 6.07 Å². The lowest BCUT2D eigenvalue weighted by atomic mass is 10.2. The van der Waals surface area contributed by atoms with Gasteiger partial charge in [-0.25, -0.2) is 5.43 Å². The smallest absolute Gasteiger partial charge is 0.277 e. The average Bonchev–Trinajstić information content (AvgIpc) is 2.98. The van der Waals surface area contributed by atoms with Gasteiger partial charge in [0.25, 0.3) is 11.8 Å². The zero-order valence-corrected chi connectivity index (χ0v) is 10.4. The van der Waals surface area contributed by atoms with E-state index in [9.17, 15) is 9.59 Å². The predicted octanol–water partition coefficient (Wildman–Crippen LogP) is 0.483. The lowest BCUT2D eigenvalue weighted by molar-refractivity contribution is -0.132. The second kappa shape index (κ2) is 4.15. The fourth-order valence-electron chi connectivity index (χ4n) is 1.80. The third-order valence-corrected chi connectivity index (χ3v) is 4.57. The standard InChI is InChI=1S/C10H9N3O2S2/c14-9-6-4-16-5-13(6)10(15)8(11-12-9)7-2-1-3-17-7/h1-3,6H,4-5H2,(H,12,14)/t6-/m0/s1. The Balaban J connectivity index is 2.00. The molecule has 2 amide bonds. The highest BCUT2D eigenvalue weighted by molar-refractivity contribution is 7.99. The van der Waals surface area contributed by atoms with Gasteiger partial charge in [0, 0.05) is 5.75 Å². The SMILES string of the molecule is O=C1NN=C(c2cccs2)C(=O)N2CSC[C@@H]12. The summed E-state index contributed by atoms with van der Waals surface area (Å²) < 4.78 is 0. The quantitative estimate of drug-likeness (QED) is 0.805. The molecule has 17 heavy (non-hydrogen) atoms. The molecule has 2 aliphatic rings. The summed E-state index contributed by atoms with van der Waals surface area (Å²) in [4.78, 5) is 26.4. The normalized spacial score (nSPS) is 24.1. The fraction of sp³-hybridized carbons (Fsp3) is 0.300. The first kappa shape index (κ1) is 10.8. The molecule has 1 saturated heterocycles. The van der Waals surface area contributed by atoms with Crippen molar-refractivity contribution in [1.82, 2.24) is 10.3 Å². The van der Waals surface area contributed by atoms with Crippen molar-refractivity contribution in [3.05, 3.63) is 22.4 Å². The van der Waals surface area contributed by atoms with E-state index in [1.54, 1.807) is 16.7 Å². The van der Waals surface area contributed by atoms with Gasteiger partial charge in [-0.15, -0.1) is 23.1 Å². The summed E-state index contributed by atoms with van der Waals surface area (Å²) in [6.45, 7) is 0. The Kier molecular flexibility index (Phi) is 2.64. The van der Waals surface area contributed by atoms with Gasteiger partial charge < -0.3 is 4.90 Å². The number of rotatable bonds is 1. The molecule has 3 heterocycles. The number of thioether (sulfide) groups is 1. The molecule has 0 bridgehead atoms. The molecule has 1 fully saturated rings. The Bertz CT molecular complexity index is 498. The van der Waals surface area contributed by atoms with Crippen LogP contribution in [0.1, 0.15) is 4.88 Å². The summed E-state index contributed by atoms with van der Waals surface area (Å²) >= 11 is 3.03. The first-order valence-corrected chi connectivity index (χ1v) is 7.11. The Morgan fingerprint density at radius 2 is 2.35 bits per heavy atom. The van der Waals surface area contributed by atoms with Crippen molar-refractivity contribution in [2.45, 2.75) is 6.04 Å². The van der Waals surface area contributed by atoms with Crippen LogP contribution in [0.25, 0.3) is 0 Å².